The second kappa shape index (κ2) is 12.2. The third-order valence-electron chi connectivity index (χ3n) is 7.01. The van der Waals surface area contributed by atoms with Gasteiger partial charge in [-0.1, -0.05) is 31.5 Å². The second-order valence-electron chi connectivity index (χ2n) is 9.94. The van der Waals surface area contributed by atoms with Crippen LogP contribution < -0.4 is 11.2 Å². The molecule has 1 atom stereocenters. The molecule has 2 aromatic carbocycles. The number of nitrogens with zero attached hydrogens (tertiary/aromatic N) is 4. The summed E-state index contributed by atoms with van der Waals surface area (Å²) in [7, 11) is 0. The van der Waals surface area contributed by atoms with Crippen molar-refractivity contribution in [2.45, 2.75) is 53.0 Å². The van der Waals surface area contributed by atoms with Gasteiger partial charge in [0, 0.05) is 13.1 Å². The highest BCUT2D eigenvalue weighted by molar-refractivity contribution is 5.92. The van der Waals surface area contributed by atoms with Gasteiger partial charge in [-0.3, -0.25) is 19.0 Å². The number of ether oxygens (including phenoxy) is 1. The lowest BCUT2D eigenvalue weighted by atomic mass is 9.98. The molecule has 1 fully saturated rings. The number of esters is 1. The van der Waals surface area contributed by atoms with Crippen LogP contribution in [0.2, 0.25) is 0 Å². The van der Waals surface area contributed by atoms with Crippen molar-refractivity contribution in [1.29, 1.82) is 0 Å². The third kappa shape index (κ3) is 6.32. The number of amides is 1. The minimum atomic E-state index is -0.873. The molecule has 0 N–H and O–H groups in total. The molecule has 1 aliphatic rings. The topological polar surface area (TPSA) is 104 Å². The van der Waals surface area contributed by atoms with Crippen molar-refractivity contribution in [3.63, 3.8) is 0 Å². The summed E-state index contributed by atoms with van der Waals surface area (Å²) in [5.74, 6) is -2.04. The Morgan fingerprint density at radius 3 is 2.62 bits per heavy atom. The largest absolute Gasteiger partial charge is 0.465 e. The van der Waals surface area contributed by atoms with Crippen molar-refractivity contribution in [2.24, 2.45) is 5.92 Å². The molecule has 1 amide bonds. The fourth-order valence-corrected chi connectivity index (χ4v) is 4.57. The quantitative estimate of drug-likeness (QED) is 0.323. The summed E-state index contributed by atoms with van der Waals surface area (Å²) in [5.41, 5.74) is 0.615. The van der Waals surface area contributed by atoms with Crippen LogP contribution in [0.1, 0.15) is 59.8 Å². The standard InChI is InChI=1S/C29H33FN4O5/c1-4-5-14-39-28(37)22-9-7-13-32(18-22)26(35)25-27(36)33(17-21-8-6-10-23(30)16-21)29(38)34(31-25)24-12-11-19(2)20(3)15-24/h6,8,10-12,15-16,22H,4-5,7,9,13-14,17-18H2,1-3H3. The lowest BCUT2D eigenvalue weighted by Gasteiger charge is -2.31. The Morgan fingerprint density at radius 2 is 1.90 bits per heavy atom. The molecule has 0 radical (unpaired) electrons. The summed E-state index contributed by atoms with van der Waals surface area (Å²) in [5, 5.41) is 4.23. The van der Waals surface area contributed by atoms with Gasteiger partial charge in [0.05, 0.1) is 24.8 Å². The predicted octanol–water partition coefficient (Wildman–Crippen LogP) is 3.39. The lowest BCUT2D eigenvalue weighted by Crippen LogP contribution is -2.49. The van der Waals surface area contributed by atoms with Gasteiger partial charge < -0.3 is 9.64 Å². The number of aryl methyl sites for hydroxylation is 2. The Bertz CT molecular complexity index is 1500. The molecule has 206 valence electrons. The van der Waals surface area contributed by atoms with Gasteiger partial charge in [-0.15, -0.1) is 0 Å². The first-order valence-electron chi connectivity index (χ1n) is 13.2. The van der Waals surface area contributed by atoms with E-state index in [-0.39, 0.29) is 19.1 Å². The molecule has 9 nitrogen and oxygen atoms in total. The zero-order valence-corrected chi connectivity index (χ0v) is 22.5. The highest BCUT2D eigenvalue weighted by Crippen LogP contribution is 2.20. The van der Waals surface area contributed by atoms with Crippen molar-refractivity contribution in [3.05, 3.63) is 91.5 Å². The molecule has 0 bridgehead atoms. The number of unbranched alkanes of at least 4 members (excludes halogenated alkanes) is 1. The van der Waals surface area contributed by atoms with E-state index in [1.54, 1.807) is 18.2 Å². The Labute approximate surface area is 225 Å². The van der Waals surface area contributed by atoms with Crippen molar-refractivity contribution in [2.75, 3.05) is 19.7 Å². The third-order valence-corrected chi connectivity index (χ3v) is 7.01. The summed E-state index contributed by atoms with van der Waals surface area (Å²) in [4.78, 5) is 54.6. The number of carbonyl (C=O) groups is 2. The van der Waals surface area contributed by atoms with E-state index >= 15 is 0 Å². The molecule has 0 spiro atoms. The fraction of sp³-hybridized carbons (Fsp3) is 0.414. The molecule has 0 saturated carbocycles. The van der Waals surface area contributed by atoms with Gasteiger partial charge in [0.2, 0.25) is 5.69 Å². The zero-order valence-electron chi connectivity index (χ0n) is 22.5. The predicted molar refractivity (Wildman–Crippen MR) is 144 cm³/mol. The molecule has 1 unspecified atom stereocenters. The van der Waals surface area contributed by atoms with E-state index in [1.807, 2.05) is 26.8 Å². The normalized spacial score (nSPS) is 15.3. The first-order valence-corrected chi connectivity index (χ1v) is 13.2. The summed E-state index contributed by atoms with van der Waals surface area (Å²) in [6, 6.07) is 10.8. The van der Waals surface area contributed by atoms with Gasteiger partial charge in [0.25, 0.3) is 11.5 Å². The van der Waals surface area contributed by atoms with Crippen molar-refractivity contribution >= 4 is 11.9 Å². The molecule has 1 aliphatic heterocycles. The van der Waals surface area contributed by atoms with Crippen molar-refractivity contribution < 1.29 is 18.7 Å². The highest BCUT2D eigenvalue weighted by atomic mass is 19.1. The molecular formula is C29H33FN4O5. The number of halogens is 1. The molecule has 10 heteroatoms. The Morgan fingerprint density at radius 1 is 1.10 bits per heavy atom. The SMILES string of the molecule is CCCCOC(=O)C1CCCN(C(=O)c2nn(-c3ccc(C)c(C)c3)c(=O)n(Cc3cccc(F)c3)c2=O)C1. The number of hydrogen-bond donors (Lipinski definition) is 0. The number of benzene rings is 2. The number of hydrogen-bond acceptors (Lipinski definition) is 6. The van der Waals surface area contributed by atoms with Gasteiger partial charge in [-0.05, 0) is 74.1 Å². The smallest absolute Gasteiger partial charge is 0.352 e. The lowest BCUT2D eigenvalue weighted by molar-refractivity contribution is -0.150. The number of carbonyl (C=O) groups excluding carboxylic acids is 2. The maximum absolute atomic E-state index is 13.9. The van der Waals surface area contributed by atoms with E-state index in [0.717, 1.165) is 33.2 Å². The Kier molecular flexibility index (Phi) is 8.73. The van der Waals surface area contributed by atoms with E-state index in [0.29, 0.717) is 37.2 Å². The highest BCUT2D eigenvalue weighted by Gasteiger charge is 2.32. The maximum atomic E-state index is 13.9. The number of piperidine rings is 1. The van der Waals surface area contributed by atoms with E-state index in [9.17, 15) is 23.6 Å². The van der Waals surface area contributed by atoms with Crippen LogP contribution in [-0.2, 0) is 16.1 Å². The molecule has 39 heavy (non-hydrogen) atoms. The monoisotopic (exact) mass is 536 g/mol. The summed E-state index contributed by atoms with van der Waals surface area (Å²) in [6.45, 7) is 6.33. The summed E-state index contributed by atoms with van der Waals surface area (Å²) >= 11 is 0. The average molecular weight is 537 g/mol. The zero-order chi connectivity index (χ0) is 28.1. The van der Waals surface area contributed by atoms with Crippen LogP contribution in [0.3, 0.4) is 0 Å². The Hall–Kier alpha value is -4.08. The minimum Gasteiger partial charge on any atom is -0.465 e. The molecule has 1 aromatic heterocycles. The van der Waals surface area contributed by atoms with E-state index < -0.39 is 34.6 Å². The van der Waals surface area contributed by atoms with Crippen molar-refractivity contribution in [1.82, 2.24) is 19.2 Å². The van der Waals surface area contributed by atoms with Crippen LogP contribution in [0.25, 0.3) is 5.69 Å². The van der Waals surface area contributed by atoms with Crippen LogP contribution in [-0.4, -0.2) is 50.8 Å². The van der Waals surface area contributed by atoms with Crippen LogP contribution in [0, 0.1) is 25.6 Å². The molecule has 3 aromatic rings. The number of likely N-dealkylation sites (tertiary alicyclic amines) is 1. The summed E-state index contributed by atoms with van der Waals surface area (Å²) in [6.07, 6.45) is 2.80. The van der Waals surface area contributed by atoms with Crippen molar-refractivity contribution in [3.8, 4) is 5.69 Å². The van der Waals surface area contributed by atoms with Gasteiger partial charge in [0.15, 0.2) is 0 Å². The van der Waals surface area contributed by atoms with Crippen LogP contribution in [0.4, 0.5) is 4.39 Å². The second-order valence-corrected chi connectivity index (χ2v) is 9.94. The first-order chi connectivity index (χ1) is 18.7. The van der Waals surface area contributed by atoms with Gasteiger partial charge >= 0.3 is 11.7 Å². The average Bonchev–Trinajstić information content (AvgIpc) is 2.92. The van der Waals surface area contributed by atoms with Gasteiger partial charge in [0.1, 0.15) is 5.82 Å². The van der Waals surface area contributed by atoms with E-state index in [2.05, 4.69) is 5.10 Å². The molecule has 2 heterocycles. The first kappa shape index (κ1) is 27.9. The fourth-order valence-electron chi connectivity index (χ4n) is 4.57. The maximum Gasteiger partial charge on any atom is 0.352 e. The molecular weight excluding hydrogens is 503 g/mol. The van der Waals surface area contributed by atoms with Crippen LogP contribution in [0.15, 0.2) is 52.1 Å². The molecule has 0 aliphatic carbocycles. The van der Waals surface area contributed by atoms with E-state index in [4.69, 9.17) is 4.74 Å². The van der Waals surface area contributed by atoms with Crippen LogP contribution in [0.5, 0.6) is 0 Å². The van der Waals surface area contributed by atoms with E-state index in [1.165, 1.54) is 23.1 Å². The summed E-state index contributed by atoms with van der Waals surface area (Å²) < 4.78 is 21.1. The Balaban J connectivity index is 1.74. The number of aromatic nitrogens is 3. The molecule has 1 saturated heterocycles. The van der Waals surface area contributed by atoms with Gasteiger partial charge in [-0.25, -0.2) is 9.18 Å². The molecule has 4 rings (SSSR count). The number of rotatable bonds is 8. The minimum absolute atomic E-state index is 0.0948. The van der Waals surface area contributed by atoms with Crippen LogP contribution >= 0.6 is 0 Å². The van der Waals surface area contributed by atoms with Gasteiger partial charge in [-0.2, -0.15) is 9.78 Å².